The van der Waals surface area contributed by atoms with E-state index >= 15 is 0 Å². The first-order chi connectivity index (χ1) is 12.8. The van der Waals surface area contributed by atoms with Gasteiger partial charge in [0.1, 0.15) is 0 Å². The molecule has 0 fully saturated rings. The van der Waals surface area contributed by atoms with Crippen LogP contribution in [0.3, 0.4) is 0 Å². The van der Waals surface area contributed by atoms with Crippen molar-refractivity contribution in [1.29, 1.82) is 0 Å². The topological polar surface area (TPSA) is 129 Å². The van der Waals surface area contributed by atoms with Gasteiger partial charge in [-0.3, -0.25) is 14.7 Å². The van der Waals surface area contributed by atoms with Gasteiger partial charge in [0.05, 0.1) is 21.2 Å². The number of non-ortho nitro benzene ring substituents is 1. The van der Waals surface area contributed by atoms with E-state index in [0.717, 1.165) is 29.1 Å². The number of nitro groups is 1. The highest BCUT2D eigenvalue weighted by Crippen LogP contribution is 2.20. The first-order valence-electron chi connectivity index (χ1n) is 7.71. The maximum atomic E-state index is 12.3. The van der Waals surface area contributed by atoms with Crippen molar-refractivity contribution in [2.75, 3.05) is 6.54 Å². The van der Waals surface area contributed by atoms with Crippen molar-refractivity contribution >= 4 is 27.0 Å². The van der Waals surface area contributed by atoms with Gasteiger partial charge in [-0.1, -0.05) is 6.07 Å². The Hall–Kier alpha value is -2.83. The Balaban J connectivity index is 1.70. The van der Waals surface area contributed by atoms with Gasteiger partial charge in [0, 0.05) is 25.7 Å². The molecule has 2 heterocycles. The third-order valence-electron chi connectivity index (χ3n) is 3.76. The normalized spacial score (nSPS) is 11.6. The smallest absolute Gasteiger partial charge is 0.277 e. The summed E-state index contributed by atoms with van der Waals surface area (Å²) in [6.07, 6.45) is 0. The summed E-state index contributed by atoms with van der Waals surface area (Å²) in [6, 6.07) is 8.23. The van der Waals surface area contributed by atoms with Gasteiger partial charge in [-0.05, 0) is 23.6 Å². The summed E-state index contributed by atoms with van der Waals surface area (Å²) in [4.78, 5) is 23.0. The molecule has 27 heavy (non-hydrogen) atoms. The Morgan fingerprint density at radius 2 is 1.96 bits per heavy atom. The molecule has 3 rings (SSSR count). The number of nitrogens with one attached hydrogen (secondary N) is 1. The summed E-state index contributed by atoms with van der Waals surface area (Å²) in [6.45, 7) is -0.00954. The van der Waals surface area contributed by atoms with Crippen LogP contribution in [0.15, 0.2) is 51.5 Å². The molecule has 0 aliphatic carbocycles. The van der Waals surface area contributed by atoms with Crippen LogP contribution in [-0.2, 0) is 23.6 Å². The third-order valence-corrected chi connectivity index (χ3v) is 6.10. The van der Waals surface area contributed by atoms with Gasteiger partial charge < -0.3 is 0 Å². The highest BCUT2D eigenvalue weighted by molar-refractivity contribution is 7.89. The van der Waals surface area contributed by atoms with Gasteiger partial charge in [-0.25, -0.2) is 22.6 Å². The average molecular weight is 409 g/mol. The fourth-order valence-corrected chi connectivity index (χ4v) is 4.14. The summed E-state index contributed by atoms with van der Waals surface area (Å²) >= 11 is 1.45. The van der Waals surface area contributed by atoms with Crippen LogP contribution < -0.4 is 10.4 Å². The van der Waals surface area contributed by atoms with Gasteiger partial charge in [0.2, 0.25) is 10.0 Å². The maximum absolute atomic E-state index is 12.3. The van der Waals surface area contributed by atoms with Crippen molar-refractivity contribution in [1.82, 2.24) is 19.1 Å². The monoisotopic (exact) mass is 409 g/mol. The molecular formula is C15H15N5O5S2. The fraction of sp³-hybridized carbons (Fsp3) is 0.200. The number of nitro benzene ring substituents is 1. The minimum atomic E-state index is -3.85. The second-order valence-corrected chi connectivity index (χ2v) is 8.23. The summed E-state index contributed by atoms with van der Waals surface area (Å²) in [5, 5.41) is 16.8. The highest BCUT2D eigenvalue weighted by Gasteiger charge is 2.17. The Labute approximate surface area is 157 Å². The molecule has 0 saturated heterocycles. The second kappa shape index (κ2) is 7.42. The molecule has 0 spiro atoms. The van der Waals surface area contributed by atoms with E-state index in [1.165, 1.54) is 20.6 Å². The Morgan fingerprint density at radius 1 is 1.26 bits per heavy atom. The summed E-state index contributed by atoms with van der Waals surface area (Å²) < 4.78 is 29.5. The summed E-state index contributed by atoms with van der Waals surface area (Å²) in [5.41, 5.74) is -0.553. The summed E-state index contributed by atoms with van der Waals surface area (Å²) in [7, 11) is -2.25. The quantitative estimate of drug-likeness (QED) is 0.461. The van der Waals surface area contributed by atoms with Crippen LogP contribution in [-0.4, -0.2) is 34.2 Å². The van der Waals surface area contributed by atoms with Crippen molar-refractivity contribution < 1.29 is 13.3 Å². The molecule has 0 saturated carbocycles. The molecule has 0 bridgehead atoms. The minimum absolute atomic E-state index is 0.0459. The number of nitrogens with zero attached hydrogens (tertiary/aromatic N) is 4. The molecule has 0 radical (unpaired) electrons. The molecule has 0 aliphatic rings. The number of hydrogen-bond acceptors (Lipinski definition) is 7. The first-order valence-corrected chi connectivity index (χ1v) is 10.1. The van der Waals surface area contributed by atoms with Crippen LogP contribution in [0.1, 0.15) is 0 Å². The average Bonchev–Trinajstić information content (AvgIpc) is 3.26. The lowest BCUT2D eigenvalue weighted by molar-refractivity contribution is -0.384. The molecule has 0 atom stereocenters. The molecule has 0 unspecified atom stereocenters. The zero-order valence-electron chi connectivity index (χ0n) is 14.1. The number of sulfonamides is 1. The molecule has 0 amide bonds. The van der Waals surface area contributed by atoms with E-state index in [4.69, 9.17) is 0 Å². The van der Waals surface area contributed by atoms with E-state index in [1.807, 2.05) is 17.5 Å². The molecule has 2 aromatic heterocycles. The molecule has 0 aliphatic heterocycles. The van der Waals surface area contributed by atoms with Crippen LogP contribution >= 0.6 is 11.3 Å². The van der Waals surface area contributed by atoms with E-state index in [0.29, 0.717) is 5.82 Å². The van der Waals surface area contributed by atoms with Gasteiger partial charge in [-0.2, -0.15) is 0 Å². The number of thiophene rings is 1. The zero-order chi connectivity index (χ0) is 19.6. The van der Waals surface area contributed by atoms with Crippen LogP contribution in [0, 0.1) is 10.1 Å². The molecule has 1 N–H and O–H groups in total. The van der Waals surface area contributed by atoms with Gasteiger partial charge >= 0.3 is 5.69 Å². The number of hydrogen-bond donors (Lipinski definition) is 1. The maximum Gasteiger partial charge on any atom is 0.345 e. The standard InChI is InChI=1S/C15H15N5O5S2/c1-18-14(13-3-2-10-26-13)17-19(15(18)21)9-8-16-27(24,25)12-6-4-11(5-7-12)20(22)23/h2-7,10,16H,8-9H2,1H3. The van der Waals surface area contributed by atoms with Crippen molar-refractivity contribution in [3.05, 3.63) is 62.4 Å². The lowest BCUT2D eigenvalue weighted by Crippen LogP contribution is -2.31. The van der Waals surface area contributed by atoms with Gasteiger partial charge in [0.15, 0.2) is 5.82 Å². The molecular weight excluding hydrogens is 394 g/mol. The molecule has 12 heteroatoms. The predicted molar refractivity (Wildman–Crippen MR) is 99.1 cm³/mol. The predicted octanol–water partition coefficient (Wildman–Crippen LogP) is 1.20. The number of benzene rings is 1. The SMILES string of the molecule is Cn1c(-c2cccs2)nn(CCNS(=O)(=O)c2ccc([N+](=O)[O-])cc2)c1=O. The van der Waals surface area contributed by atoms with Crippen LogP contribution in [0.25, 0.3) is 10.7 Å². The van der Waals surface area contributed by atoms with Crippen LogP contribution in [0.2, 0.25) is 0 Å². The van der Waals surface area contributed by atoms with E-state index < -0.39 is 14.9 Å². The fourth-order valence-electron chi connectivity index (χ4n) is 2.37. The van der Waals surface area contributed by atoms with E-state index in [1.54, 1.807) is 7.05 Å². The highest BCUT2D eigenvalue weighted by atomic mass is 32.2. The Bertz CT molecular complexity index is 1110. The summed E-state index contributed by atoms with van der Waals surface area (Å²) in [5.74, 6) is 0.508. The third kappa shape index (κ3) is 3.97. The van der Waals surface area contributed by atoms with Gasteiger partial charge in [-0.15, -0.1) is 16.4 Å². The van der Waals surface area contributed by atoms with E-state index in [2.05, 4.69) is 9.82 Å². The molecule has 3 aromatic rings. The van der Waals surface area contributed by atoms with E-state index in [9.17, 15) is 23.3 Å². The van der Waals surface area contributed by atoms with Crippen molar-refractivity contribution in [2.45, 2.75) is 11.4 Å². The largest absolute Gasteiger partial charge is 0.345 e. The lowest BCUT2D eigenvalue weighted by atomic mass is 10.3. The molecule has 142 valence electrons. The van der Waals surface area contributed by atoms with Crippen LogP contribution in [0.5, 0.6) is 0 Å². The molecule has 10 nitrogen and oxygen atoms in total. The van der Waals surface area contributed by atoms with Crippen molar-refractivity contribution in [3.8, 4) is 10.7 Å². The lowest BCUT2D eigenvalue weighted by Gasteiger charge is -2.06. The van der Waals surface area contributed by atoms with Crippen LogP contribution in [0.4, 0.5) is 5.69 Å². The minimum Gasteiger partial charge on any atom is -0.277 e. The Kier molecular flexibility index (Phi) is 5.21. The number of rotatable bonds is 7. The van der Waals surface area contributed by atoms with Crippen molar-refractivity contribution in [2.24, 2.45) is 7.05 Å². The zero-order valence-corrected chi connectivity index (χ0v) is 15.7. The Morgan fingerprint density at radius 3 is 2.56 bits per heavy atom. The number of aromatic nitrogens is 3. The second-order valence-electron chi connectivity index (χ2n) is 5.51. The van der Waals surface area contributed by atoms with E-state index in [-0.39, 0.29) is 29.4 Å². The van der Waals surface area contributed by atoms with Crippen molar-refractivity contribution in [3.63, 3.8) is 0 Å². The van der Waals surface area contributed by atoms with Gasteiger partial charge in [0.25, 0.3) is 5.69 Å². The first kappa shape index (κ1) is 18.9. The molecule has 1 aromatic carbocycles.